The second kappa shape index (κ2) is 7.48. The molecule has 1 aliphatic heterocycles. The highest BCUT2D eigenvalue weighted by atomic mass is 79.9. The molecule has 2 aromatic carbocycles. The number of aromatic nitrogens is 1. The standard InChI is InChI=1S/C21H20BrN3O2/c1-27-18-5-2-4-17(14-18)23-21(26)25-13-12-24-11-3-6-19(24)20(25)15-7-9-16(22)10-8-15/h2-11,14,20H,12-13H2,1H3,(H,23,26)/t20-/m0/s1. The number of hydrogen-bond donors (Lipinski definition) is 1. The molecule has 0 aliphatic carbocycles. The van der Waals surface area contributed by atoms with Crippen LogP contribution in [0.3, 0.4) is 0 Å². The van der Waals surface area contributed by atoms with Crippen LogP contribution >= 0.6 is 15.9 Å². The van der Waals surface area contributed by atoms with Crippen LogP contribution in [-0.2, 0) is 6.54 Å². The van der Waals surface area contributed by atoms with E-state index in [1.807, 2.05) is 47.4 Å². The number of hydrogen-bond acceptors (Lipinski definition) is 2. The van der Waals surface area contributed by atoms with E-state index in [-0.39, 0.29) is 12.1 Å². The summed E-state index contributed by atoms with van der Waals surface area (Å²) in [6, 6.07) is 19.4. The van der Waals surface area contributed by atoms with Crippen LogP contribution in [0.5, 0.6) is 5.75 Å². The van der Waals surface area contributed by atoms with E-state index in [4.69, 9.17) is 4.74 Å². The van der Waals surface area contributed by atoms with Gasteiger partial charge in [0.15, 0.2) is 0 Å². The first-order valence-corrected chi connectivity index (χ1v) is 9.57. The van der Waals surface area contributed by atoms with Crippen LogP contribution in [0.1, 0.15) is 17.3 Å². The molecule has 2 heterocycles. The van der Waals surface area contributed by atoms with Gasteiger partial charge in [-0.15, -0.1) is 0 Å². The van der Waals surface area contributed by atoms with Gasteiger partial charge in [-0.25, -0.2) is 4.79 Å². The molecule has 0 unspecified atom stereocenters. The van der Waals surface area contributed by atoms with Gasteiger partial charge in [0.2, 0.25) is 0 Å². The third-order valence-electron chi connectivity index (χ3n) is 4.81. The van der Waals surface area contributed by atoms with Crippen molar-refractivity contribution in [3.8, 4) is 5.75 Å². The maximum Gasteiger partial charge on any atom is 0.322 e. The number of benzene rings is 2. The predicted octanol–water partition coefficient (Wildman–Crippen LogP) is 4.90. The van der Waals surface area contributed by atoms with Crippen molar-refractivity contribution in [1.82, 2.24) is 9.47 Å². The first kappa shape index (κ1) is 17.7. The van der Waals surface area contributed by atoms with Gasteiger partial charge in [-0.3, -0.25) is 0 Å². The minimum atomic E-state index is -0.132. The van der Waals surface area contributed by atoms with E-state index in [1.54, 1.807) is 7.11 Å². The summed E-state index contributed by atoms with van der Waals surface area (Å²) in [5.74, 6) is 0.713. The topological polar surface area (TPSA) is 46.5 Å². The Bertz CT molecular complexity index is 952. The molecule has 1 N–H and O–H groups in total. The van der Waals surface area contributed by atoms with Gasteiger partial charge < -0.3 is 19.5 Å². The quantitative estimate of drug-likeness (QED) is 0.648. The molecule has 6 heteroatoms. The second-order valence-electron chi connectivity index (χ2n) is 6.44. The van der Waals surface area contributed by atoms with Crippen molar-refractivity contribution in [2.45, 2.75) is 12.6 Å². The molecule has 2 amide bonds. The molecule has 1 aromatic heterocycles. The highest BCUT2D eigenvalue weighted by Crippen LogP contribution is 2.33. The molecular formula is C21H20BrN3O2. The van der Waals surface area contributed by atoms with Gasteiger partial charge in [0.1, 0.15) is 5.75 Å². The number of halogens is 1. The van der Waals surface area contributed by atoms with Crippen molar-refractivity contribution in [1.29, 1.82) is 0 Å². The molecule has 1 atom stereocenters. The van der Waals surface area contributed by atoms with E-state index >= 15 is 0 Å². The Hall–Kier alpha value is -2.73. The zero-order chi connectivity index (χ0) is 18.8. The number of ether oxygens (including phenoxy) is 1. The number of amides is 2. The van der Waals surface area contributed by atoms with Crippen LogP contribution in [0.25, 0.3) is 0 Å². The number of nitrogens with zero attached hydrogens (tertiary/aromatic N) is 2. The monoisotopic (exact) mass is 425 g/mol. The lowest BCUT2D eigenvalue weighted by atomic mass is 10.0. The van der Waals surface area contributed by atoms with Gasteiger partial charge in [0.05, 0.1) is 13.2 Å². The molecule has 138 valence electrons. The van der Waals surface area contributed by atoms with Gasteiger partial charge in [0, 0.05) is 41.2 Å². The van der Waals surface area contributed by atoms with Gasteiger partial charge in [-0.1, -0.05) is 34.1 Å². The first-order chi connectivity index (χ1) is 13.2. The highest BCUT2D eigenvalue weighted by Gasteiger charge is 2.32. The largest absolute Gasteiger partial charge is 0.497 e. The fourth-order valence-corrected chi connectivity index (χ4v) is 3.76. The Morgan fingerprint density at radius 1 is 1.11 bits per heavy atom. The number of fused-ring (bicyclic) bond motifs is 1. The Labute approximate surface area is 166 Å². The second-order valence-corrected chi connectivity index (χ2v) is 7.35. The molecule has 27 heavy (non-hydrogen) atoms. The maximum absolute atomic E-state index is 13.1. The Morgan fingerprint density at radius 2 is 1.93 bits per heavy atom. The van der Waals surface area contributed by atoms with E-state index in [1.165, 1.54) is 0 Å². The lowest BCUT2D eigenvalue weighted by Gasteiger charge is -2.37. The molecule has 0 saturated heterocycles. The average molecular weight is 426 g/mol. The summed E-state index contributed by atoms with van der Waals surface area (Å²) < 4.78 is 8.48. The van der Waals surface area contributed by atoms with Crippen molar-refractivity contribution in [3.05, 3.63) is 82.6 Å². The SMILES string of the molecule is COc1cccc(NC(=O)N2CCn3cccc3[C@@H]2c2ccc(Br)cc2)c1. The van der Waals surface area contributed by atoms with Crippen LogP contribution < -0.4 is 10.1 Å². The lowest BCUT2D eigenvalue weighted by molar-refractivity contribution is 0.182. The number of carbonyl (C=O) groups is 1. The van der Waals surface area contributed by atoms with Crippen molar-refractivity contribution in [2.75, 3.05) is 19.0 Å². The summed E-state index contributed by atoms with van der Waals surface area (Å²) in [6.45, 7) is 1.42. The molecule has 0 bridgehead atoms. The normalized spacial score (nSPS) is 15.9. The summed E-state index contributed by atoms with van der Waals surface area (Å²) >= 11 is 3.49. The van der Waals surface area contributed by atoms with Crippen molar-refractivity contribution in [2.24, 2.45) is 0 Å². The van der Waals surface area contributed by atoms with Gasteiger partial charge in [0.25, 0.3) is 0 Å². The molecule has 0 spiro atoms. The van der Waals surface area contributed by atoms with E-state index in [0.717, 1.165) is 28.0 Å². The van der Waals surface area contributed by atoms with E-state index in [0.29, 0.717) is 12.3 Å². The van der Waals surface area contributed by atoms with Crippen LogP contribution in [0.15, 0.2) is 71.3 Å². The molecule has 3 aromatic rings. The van der Waals surface area contributed by atoms with Crippen molar-refractivity contribution in [3.63, 3.8) is 0 Å². The molecule has 4 rings (SSSR count). The molecule has 1 aliphatic rings. The van der Waals surface area contributed by atoms with Gasteiger partial charge >= 0.3 is 6.03 Å². The van der Waals surface area contributed by atoms with Crippen molar-refractivity contribution >= 4 is 27.6 Å². The van der Waals surface area contributed by atoms with Crippen LogP contribution in [0, 0.1) is 0 Å². The average Bonchev–Trinajstić information content (AvgIpc) is 3.17. The minimum absolute atomic E-state index is 0.122. The van der Waals surface area contributed by atoms with Gasteiger partial charge in [-0.05, 0) is 42.0 Å². The molecule has 5 nitrogen and oxygen atoms in total. The minimum Gasteiger partial charge on any atom is -0.497 e. The lowest BCUT2D eigenvalue weighted by Crippen LogP contribution is -2.44. The third kappa shape index (κ3) is 3.57. The Morgan fingerprint density at radius 3 is 2.70 bits per heavy atom. The molecule has 0 saturated carbocycles. The highest BCUT2D eigenvalue weighted by molar-refractivity contribution is 9.10. The van der Waals surface area contributed by atoms with E-state index in [2.05, 4.69) is 50.2 Å². The number of carbonyl (C=O) groups excluding carboxylic acids is 1. The Kier molecular flexibility index (Phi) is 4.90. The van der Waals surface area contributed by atoms with Crippen LogP contribution in [0.4, 0.5) is 10.5 Å². The van der Waals surface area contributed by atoms with Crippen LogP contribution in [0.2, 0.25) is 0 Å². The zero-order valence-corrected chi connectivity index (χ0v) is 16.5. The maximum atomic E-state index is 13.1. The smallest absolute Gasteiger partial charge is 0.322 e. The summed E-state index contributed by atoms with van der Waals surface area (Å²) in [7, 11) is 1.61. The van der Waals surface area contributed by atoms with Crippen LogP contribution in [-0.4, -0.2) is 29.2 Å². The summed E-state index contributed by atoms with van der Waals surface area (Å²) in [5.41, 5.74) is 2.91. The summed E-state index contributed by atoms with van der Waals surface area (Å²) in [5, 5.41) is 3.01. The predicted molar refractivity (Wildman–Crippen MR) is 109 cm³/mol. The Balaban J connectivity index is 1.65. The summed E-state index contributed by atoms with van der Waals surface area (Å²) in [6.07, 6.45) is 2.07. The van der Waals surface area contributed by atoms with Crippen molar-refractivity contribution < 1.29 is 9.53 Å². The number of anilines is 1. The zero-order valence-electron chi connectivity index (χ0n) is 14.9. The first-order valence-electron chi connectivity index (χ1n) is 8.78. The number of urea groups is 1. The molecule has 0 radical (unpaired) electrons. The fraction of sp³-hybridized carbons (Fsp3) is 0.190. The van der Waals surface area contributed by atoms with E-state index < -0.39 is 0 Å². The summed E-state index contributed by atoms with van der Waals surface area (Å²) in [4.78, 5) is 15.0. The van der Waals surface area contributed by atoms with Gasteiger partial charge in [-0.2, -0.15) is 0 Å². The number of rotatable bonds is 3. The molecule has 0 fully saturated rings. The number of nitrogens with one attached hydrogen (secondary N) is 1. The molecular weight excluding hydrogens is 406 g/mol. The fourth-order valence-electron chi connectivity index (χ4n) is 3.49. The van der Waals surface area contributed by atoms with E-state index in [9.17, 15) is 4.79 Å². The third-order valence-corrected chi connectivity index (χ3v) is 5.33. The number of methoxy groups -OCH3 is 1.